The Morgan fingerprint density at radius 1 is 1.46 bits per heavy atom. The van der Waals surface area contributed by atoms with Gasteiger partial charge in [-0.05, 0) is 51.0 Å². The van der Waals surface area contributed by atoms with Gasteiger partial charge in [-0.2, -0.15) is 0 Å². The number of amidine groups is 1. The van der Waals surface area contributed by atoms with Gasteiger partial charge >= 0.3 is 6.09 Å². The minimum atomic E-state index is -0.548. The van der Waals surface area contributed by atoms with Crippen LogP contribution in [0.3, 0.4) is 0 Å². The number of nitrogen functional groups attached to an aromatic ring is 1. The van der Waals surface area contributed by atoms with Crippen LogP contribution in [0.1, 0.15) is 38.3 Å². The number of rotatable bonds is 1. The van der Waals surface area contributed by atoms with Crippen LogP contribution < -0.4 is 11.1 Å². The first-order valence-corrected chi connectivity index (χ1v) is 9.85. The van der Waals surface area contributed by atoms with Gasteiger partial charge in [0.25, 0.3) is 0 Å². The number of hydrogen-bond donors (Lipinski definition) is 2. The zero-order chi connectivity index (χ0) is 18.9. The van der Waals surface area contributed by atoms with Crippen LogP contribution in [0.2, 0.25) is 0 Å². The van der Waals surface area contributed by atoms with Crippen LogP contribution in [-0.2, 0) is 15.0 Å². The molecule has 3 N–H and O–H groups in total. The average molecular weight is 378 g/mol. The van der Waals surface area contributed by atoms with Gasteiger partial charge in [0.15, 0.2) is 5.17 Å². The highest BCUT2D eigenvalue weighted by Gasteiger charge is 2.46. The van der Waals surface area contributed by atoms with Crippen molar-refractivity contribution >= 4 is 28.7 Å². The van der Waals surface area contributed by atoms with E-state index in [9.17, 15) is 4.79 Å². The van der Waals surface area contributed by atoms with Crippen LogP contribution in [-0.4, -0.2) is 35.8 Å². The van der Waals surface area contributed by atoms with Gasteiger partial charge in [-0.3, -0.25) is 10.3 Å². The van der Waals surface area contributed by atoms with E-state index in [0.717, 1.165) is 29.0 Å². The average Bonchev–Trinajstić information content (AvgIpc) is 2.55. The number of fused-ring (bicyclic) bond motifs is 1. The number of carbonyl (C=O) groups excluding carboxylic acids is 1. The SMILES string of the molecule is Cc1ccc(N)cc1[C@]12CCOC[C@H]1CSC(NC(=O)OC(C)(C)C)=N2. The molecule has 0 bridgehead atoms. The number of anilines is 1. The smallest absolute Gasteiger partial charge is 0.413 e. The van der Waals surface area contributed by atoms with Crippen molar-refractivity contribution in [2.45, 2.75) is 45.3 Å². The number of carbonyl (C=O) groups is 1. The molecule has 1 amide bonds. The van der Waals surface area contributed by atoms with Crippen LogP contribution in [0.25, 0.3) is 0 Å². The summed E-state index contributed by atoms with van der Waals surface area (Å²) in [4.78, 5) is 17.2. The molecule has 3 rings (SSSR count). The lowest BCUT2D eigenvalue weighted by Gasteiger charge is -2.45. The first kappa shape index (κ1) is 19.0. The summed E-state index contributed by atoms with van der Waals surface area (Å²) in [6.07, 6.45) is 0.288. The summed E-state index contributed by atoms with van der Waals surface area (Å²) in [5.41, 5.74) is 8.08. The van der Waals surface area contributed by atoms with Crippen LogP contribution in [0, 0.1) is 12.8 Å². The maximum Gasteiger partial charge on any atom is 0.413 e. The summed E-state index contributed by atoms with van der Waals surface area (Å²) < 4.78 is 11.1. The largest absolute Gasteiger partial charge is 0.444 e. The second-order valence-corrected chi connectivity index (χ2v) is 8.88. The number of nitrogens with zero attached hydrogens (tertiary/aromatic N) is 1. The molecule has 6 nitrogen and oxygen atoms in total. The Morgan fingerprint density at radius 3 is 2.96 bits per heavy atom. The molecule has 0 saturated carbocycles. The molecule has 7 heteroatoms. The molecule has 0 aliphatic carbocycles. The standard InChI is InChI=1S/C19H27N3O3S/c1-12-5-6-14(20)9-15(12)19-7-8-24-10-13(19)11-26-16(22-19)21-17(23)25-18(2,3)4/h5-6,9,13H,7-8,10-11,20H2,1-4H3,(H,21,22,23)/t13-,19-/m0/s1. The lowest BCUT2D eigenvalue weighted by Crippen LogP contribution is -2.48. The fourth-order valence-electron chi connectivity index (χ4n) is 3.50. The first-order chi connectivity index (χ1) is 12.2. The maximum absolute atomic E-state index is 12.2. The molecule has 0 radical (unpaired) electrons. The molecule has 1 aromatic carbocycles. The Bertz CT molecular complexity index is 729. The molecule has 1 saturated heterocycles. The molecule has 2 atom stereocenters. The number of aliphatic imine (C=N–C) groups is 1. The lowest BCUT2D eigenvalue weighted by molar-refractivity contribution is 0.00971. The zero-order valence-electron chi connectivity index (χ0n) is 15.8. The summed E-state index contributed by atoms with van der Waals surface area (Å²) >= 11 is 1.53. The van der Waals surface area contributed by atoms with E-state index in [1.54, 1.807) is 0 Å². The van der Waals surface area contributed by atoms with E-state index in [1.165, 1.54) is 11.8 Å². The molecular weight excluding hydrogens is 350 g/mol. The van der Waals surface area contributed by atoms with Gasteiger partial charge in [0, 0.05) is 30.4 Å². The number of ether oxygens (including phenoxy) is 2. The van der Waals surface area contributed by atoms with Gasteiger partial charge in [0.1, 0.15) is 5.60 Å². The predicted octanol–water partition coefficient (Wildman–Crippen LogP) is 3.44. The van der Waals surface area contributed by atoms with Crippen molar-refractivity contribution < 1.29 is 14.3 Å². The quantitative estimate of drug-likeness (QED) is 0.732. The minimum absolute atomic E-state index is 0.242. The van der Waals surface area contributed by atoms with Crippen molar-refractivity contribution in [2.24, 2.45) is 10.9 Å². The van der Waals surface area contributed by atoms with Gasteiger partial charge in [-0.25, -0.2) is 4.79 Å². The van der Waals surface area contributed by atoms with E-state index >= 15 is 0 Å². The van der Waals surface area contributed by atoms with Crippen molar-refractivity contribution in [3.8, 4) is 0 Å². The Morgan fingerprint density at radius 2 is 2.23 bits per heavy atom. The van der Waals surface area contributed by atoms with E-state index in [-0.39, 0.29) is 5.92 Å². The van der Waals surface area contributed by atoms with Crippen LogP contribution in [0.4, 0.5) is 10.5 Å². The fourth-order valence-corrected chi connectivity index (χ4v) is 4.61. The van der Waals surface area contributed by atoms with Crippen LogP contribution in [0.5, 0.6) is 0 Å². The van der Waals surface area contributed by atoms with Gasteiger partial charge in [0.05, 0.1) is 12.1 Å². The third-order valence-electron chi connectivity index (χ3n) is 4.68. The number of nitrogens with two attached hydrogens (primary N) is 1. The fraction of sp³-hybridized carbons (Fsp3) is 0.579. The van der Waals surface area contributed by atoms with E-state index in [2.05, 4.69) is 12.2 Å². The summed E-state index contributed by atoms with van der Waals surface area (Å²) in [7, 11) is 0. The molecule has 2 heterocycles. The normalized spacial score (nSPS) is 25.8. The Hall–Kier alpha value is -1.73. The maximum atomic E-state index is 12.2. The number of thioether (sulfide) groups is 1. The monoisotopic (exact) mass is 377 g/mol. The van der Waals surface area contributed by atoms with Crippen LogP contribution >= 0.6 is 11.8 Å². The highest BCUT2D eigenvalue weighted by atomic mass is 32.2. The Kier molecular flexibility index (Phi) is 5.21. The number of alkyl carbamates (subject to hydrolysis) is 1. The van der Waals surface area contributed by atoms with Gasteiger partial charge in [-0.1, -0.05) is 17.8 Å². The van der Waals surface area contributed by atoms with Crippen molar-refractivity contribution in [3.05, 3.63) is 29.3 Å². The number of amides is 1. The summed E-state index contributed by atoms with van der Waals surface area (Å²) in [6, 6.07) is 5.95. The minimum Gasteiger partial charge on any atom is -0.444 e. The molecule has 26 heavy (non-hydrogen) atoms. The highest BCUT2D eigenvalue weighted by Crippen LogP contribution is 2.46. The summed E-state index contributed by atoms with van der Waals surface area (Å²) in [5.74, 6) is 1.06. The molecule has 0 spiro atoms. The molecular formula is C19H27N3O3S. The van der Waals surface area contributed by atoms with Gasteiger partial charge < -0.3 is 15.2 Å². The molecule has 2 aliphatic heterocycles. The second kappa shape index (κ2) is 7.12. The Balaban J connectivity index is 1.95. The second-order valence-electron chi connectivity index (χ2n) is 7.88. The Labute approximate surface area is 158 Å². The summed E-state index contributed by atoms with van der Waals surface area (Å²) in [6.45, 7) is 8.90. The van der Waals surface area contributed by atoms with Crippen molar-refractivity contribution in [1.82, 2.24) is 5.32 Å². The van der Waals surface area contributed by atoms with Crippen molar-refractivity contribution in [2.75, 3.05) is 24.7 Å². The van der Waals surface area contributed by atoms with Gasteiger partial charge in [-0.15, -0.1) is 0 Å². The highest BCUT2D eigenvalue weighted by molar-refractivity contribution is 8.13. The molecule has 0 unspecified atom stereocenters. The zero-order valence-corrected chi connectivity index (χ0v) is 16.6. The number of benzene rings is 1. The van der Waals surface area contributed by atoms with Crippen molar-refractivity contribution in [3.63, 3.8) is 0 Å². The third-order valence-corrected chi connectivity index (χ3v) is 5.72. The number of nitrogens with one attached hydrogen (secondary N) is 1. The molecule has 142 valence electrons. The van der Waals surface area contributed by atoms with E-state index < -0.39 is 17.2 Å². The number of aryl methyl sites for hydroxylation is 1. The van der Waals surface area contributed by atoms with E-state index in [0.29, 0.717) is 18.4 Å². The van der Waals surface area contributed by atoms with Gasteiger partial charge in [0.2, 0.25) is 0 Å². The lowest BCUT2D eigenvalue weighted by atomic mass is 9.74. The third kappa shape index (κ3) is 3.99. The molecule has 0 aromatic heterocycles. The van der Waals surface area contributed by atoms with E-state index in [1.807, 2.05) is 39.0 Å². The molecule has 1 fully saturated rings. The summed E-state index contributed by atoms with van der Waals surface area (Å²) in [5, 5.41) is 3.41. The van der Waals surface area contributed by atoms with Crippen molar-refractivity contribution in [1.29, 1.82) is 0 Å². The molecule has 2 aliphatic rings. The first-order valence-electron chi connectivity index (χ1n) is 8.87. The number of hydrogen-bond acceptors (Lipinski definition) is 6. The molecule has 1 aromatic rings. The van der Waals surface area contributed by atoms with E-state index in [4.69, 9.17) is 20.2 Å². The van der Waals surface area contributed by atoms with Crippen LogP contribution in [0.15, 0.2) is 23.2 Å². The predicted molar refractivity (Wildman–Crippen MR) is 105 cm³/mol. The topological polar surface area (TPSA) is 85.9 Å².